The first-order valence-electron chi connectivity index (χ1n) is 11.6. The van der Waals surface area contributed by atoms with Gasteiger partial charge in [-0.1, -0.05) is 12.1 Å². The van der Waals surface area contributed by atoms with E-state index in [0.717, 1.165) is 53.1 Å². The van der Waals surface area contributed by atoms with Gasteiger partial charge >= 0.3 is 0 Å². The molecule has 174 valence electrons. The number of aromatic amines is 1. The fraction of sp³-hybridized carbons (Fsp3) is 0.296. The number of hydrogen-bond acceptors (Lipinski definition) is 5. The summed E-state index contributed by atoms with van der Waals surface area (Å²) in [7, 11) is 1.69. The second-order valence-corrected chi connectivity index (χ2v) is 9.12. The van der Waals surface area contributed by atoms with E-state index in [1.54, 1.807) is 14.0 Å². The van der Waals surface area contributed by atoms with Crippen LogP contribution >= 0.6 is 0 Å². The van der Waals surface area contributed by atoms with Gasteiger partial charge < -0.3 is 20.3 Å². The number of amides is 1. The summed E-state index contributed by atoms with van der Waals surface area (Å²) in [5.41, 5.74) is 10.0. The maximum absolute atomic E-state index is 12.6. The van der Waals surface area contributed by atoms with Crippen LogP contribution < -0.4 is 5.32 Å². The first-order valence-corrected chi connectivity index (χ1v) is 11.6. The van der Waals surface area contributed by atoms with Gasteiger partial charge in [0.05, 0.1) is 18.0 Å². The molecular formula is C27H29N5O2. The Morgan fingerprint density at radius 1 is 1.21 bits per heavy atom. The summed E-state index contributed by atoms with van der Waals surface area (Å²) in [5.74, 6) is -0.119. The molecule has 2 aromatic heterocycles. The molecule has 1 aliphatic rings. The van der Waals surface area contributed by atoms with Crippen LogP contribution in [0.5, 0.6) is 0 Å². The lowest BCUT2D eigenvalue weighted by Crippen LogP contribution is -2.32. The summed E-state index contributed by atoms with van der Waals surface area (Å²) in [6.07, 6.45) is 4.19. The van der Waals surface area contributed by atoms with Crippen LogP contribution in [0, 0.1) is 6.92 Å². The van der Waals surface area contributed by atoms with Crippen molar-refractivity contribution in [3.63, 3.8) is 0 Å². The fourth-order valence-corrected chi connectivity index (χ4v) is 4.69. The number of likely N-dealkylation sites (N-methyl/N-ethyl adjacent to an activating group) is 1. The Bertz CT molecular complexity index is 1360. The SMILES string of the molecule is Cc1cc(-c2cnc3[nH]cc(-c4ccc(C(=O)N(C)C[C@H](C)O)cc4)c3n2)cc2c1CNCC2. The van der Waals surface area contributed by atoms with Crippen molar-refractivity contribution in [2.24, 2.45) is 0 Å². The Labute approximate surface area is 198 Å². The number of aryl methyl sites for hydroxylation is 1. The molecule has 0 radical (unpaired) electrons. The topological polar surface area (TPSA) is 94.1 Å². The number of aromatic nitrogens is 3. The van der Waals surface area contributed by atoms with Crippen LogP contribution in [-0.4, -0.2) is 57.1 Å². The van der Waals surface area contributed by atoms with E-state index >= 15 is 0 Å². The average Bonchev–Trinajstić information content (AvgIpc) is 3.26. The minimum Gasteiger partial charge on any atom is -0.392 e. The molecule has 4 aromatic rings. The summed E-state index contributed by atoms with van der Waals surface area (Å²) in [6.45, 7) is 6.03. The van der Waals surface area contributed by atoms with Gasteiger partial charge in [0.2, 0.25) is 0 Å². The molecule has 1 amide bonds. The largest absolute Gasteiger partial charge is 0.392 e. The Balaban J connectivity index is 1.47. The highest BCUT2D eigenvalue weighted by Gasteiger charge is 2.17. The molecule has 2 aromatic carbocycles. The molecule has 0 saturated carbocycles. The summed E-state index contributed by atoms with van der Waals surface area (Å²) in [5, 5.41) is 13.0. The zero-order valence-corrected chi connectivity index (χ0v) is 19.7. The Morgan fingerprint density at radius 2 is 2.00 bits per heavy atom. The van der Waals surface area contributed by atoms with Gasteiger partial charge in [-0.15, -0.1) is 0 Å². The number of benzene rings is 2. The quantitative estimate of drug-likeness (QED) is 0.427. The molecule has 3 N–H and O–H groups in total. The zero-order chi connectivity index (χ0) is 23.8. The van der Waals surface area contributed by atoms with Crippen LogP contribution in [0.3, 0.4) is 0 Å². The second-order valence-electron chi connectivity index (χ2n) is 9.12. The third-order valence-corrected chi connectivity index (χ3v) is 6.44. The summed E-state index contributed by atoms with van der Waals surface area (Å²) in [6, 6.07) is 11.9. The number of aliphatic hydroxyl groups excluding tert-OH is 1. The van der Waals surface area contributed by atoms with Crippen molar-refractivity contribution in [2.75, 3.05) is 20.1 Å². The summed E-state index contributed by atoms with van der Waals surface area (Å²) < 4.78 is 0. The van der Waals surface area contributed by atoms with Crippen LogP contribution in [-0.2, 0) is 13.0 Å². The molecule has 7 heteroatoms. The lowest BCUT2D eigenvalue weighted by Gasteiger charge is -2.20. The molecule has 34 heavy (non-hydrogen) atoms. The molecule has 0 aliphatic carbocycles. The third-order valence-electron chi connectivity index (χ3n) is 6.44. The smallest absolute Gasteiger partial charge is 0.253 e. The van der Waals surface area contributed by atoms with Gasteiger partial charge in [-0.3, -0.25) is 4.79 Å². The van der Waals surface area contributed by atoms with Crippen LogP contribution in [0.25, 0.3) is 33.5 Å². The second kappa shape index (κ2) is 9.00. The Kier molecular flexibility index (Phi) is 5.89. The first kappa shape index (κ1) is 22.3. The Morgan fingerprint density at radius 3 is 2.76 bits per heavy atom. The van der Waals surface area contributed by atoms with E-state index in [0.29, 0.717) is 12.1 Å². The van der Waals surface area contributed by atoms with Gasteiger partial charge in [0.1, 0.15) is 5.52 Å². The summed E-state index contributed by atoms with van der Waals surface area (Å²) >= 11 is 0. The normalized spacial score (nSPS) is 14.1. The zero-order valence-electron chi connectivity index (χ0n) is 19.7. The van der Waals surface area contributed by atoms with E-state index in [1.165, 1.54) is 21.6 Å². The molecule has 0 bridgehead atoms. The fourth-order valence-electron chi connectivity index (χ4n) is 4.69. The highest BCUT2D eigenvalue weighted by molar-refractivity contribution is 5.96. The van der Waals surface area contributed by atoms with Gasteiger partial charge in [-0.05, 0) is 73.3 Å². The molecule has 0 spiro atoms. The molecular weight excluding hydrogens is 426 g/mol. The number of fused-ring (bicyclic) bond motifs is 2. The monoisotopic (exact) mass is 455 g/mol. The van der Waals surface area contributed by atoms with E-state index in [-0.39, 0.29) is 5.91 Å². The maximum Gasteiger partial charge on any atom is 0.253 e. The van der Waals surface area contributed by atoms with Crippen molar-refractivity contribution >= 4 is 17.1 Å². The minimum absolute atomic E-state index is 0.119. The number of nitrogens with one attached hydrogen (secondary N) is 2. The number of nitrogens with zero attached hydrogens (tertiary/aromatic N) is 3. The molecule has 3 heterocycles. The third kappa shape index (κ3) is 4.20. The molecule has 5 rings (SSSR count). The standard InChI is InChI=1S/C27H29N5O2/c1-16-10-21(11-20-8-9-28-12-22(16)20)24-14-30-26-25(31-24)23(13-29-26)18-4-6-19(7-5-18)27(34)32(3)15-17(2)33/h4-7,10-11,13-14,17,28,33H,8-9,12,15H2,1-3H3,(H,29,30)/t17-/m0/s1. The predicted octanol–water partition coefficient (Wildman–Crippen LogP) is 3.70. The number of hydrogen-bond donors (Lipinski definition) is 3. The van der Waals surface area contributed by atoms with Gasteiger partial charge in [-0.2, -0.15) is 0 Å². The van der Waals surface area contributed by atoms with Crippen LogP contribution in [0.4, 0.5) is 0 Å². The lowest BCUT2D eigenvalue weighted by molar-refractivity contribution is 0.0703. The number of carbonyl (C=O) groups excluding carboxylic acids is 1. The molecule has 0 saturated heterocycles. The van der Waals surface area contributed by atoms with E-state index < -0.39 is 6.10 Å². The van der Waals surface area contributed by atoms with Crippen molar-refractivity contribution in [2.45, 2.75) is 32.9 Å². The number of aliphatic hydroxyl groups is 1. The van der Waals surface area contributed by atoms with E-state index in [1.807, 2.05) is 36.7 Å². The van der Waals surface area contributed by atoms with Crippen molar-refractivity contribution in [1.82, 2.24) is 25.2 Å². The van der Waals surface area contributed by atoms with Crippen molar-refractivity contribution in [3.05, 3.63) is 71.0 Å². The van der Waals surface area contributed by atoms with Gasteiger partial charge in [0, 0.05) is 43.0 Å². The van der Waals surface area contributed by atoms with Crippen LogP contribution in [0.2, 0.25) is 0 Å². The summed E-state index contributed by atoms with van der Waals surface area (Å²) in [4.78, 5) is 27.0. The van der Waals surface area contributed by atoms with Crippen LogP contribution in [0.1, 0.15) is 34.0 Å². The highest BCUT2D eigenvalue weighted by atomic mass is 16.3. The molecule has 0 unspecified atom stereocenters. The lowest BCUT2D eigenvalue weighted by atomic mass is 9.93. The van der Waals surface area contributed by atoms with Crippen molar-refractivity contribution in [3.8, 4) is 22.4 Å². The predicted molar refractivity (Wildman–Crippen MR) is 134 cm³/mol. The van der Waals surface area contributed by atoms with Gasteiger partial charge in [0.25, 0.3) is 5.91 Å². The van der Waals surface area contributed by atoms with E-state index in [2.05, 4.69) is 34.3 Å². The molecule has 1 aliphatic heterocycles. The average molecular weight is 456 g/mol. The van der Waals surface area contributed by atoms with E-state index in [9.17, 15) is 9.90 Å². The molecule has 1 atom stereocenters. The number of carbonyl (C=O) groups is 1. The van der Waals surface area contributed by atoms with E-state index in [4.69, 9.17) is 4.98 Å². The van der Waals surface area contributed by atoms with Gasteiger partial charge in [0.15, 0.2) is 5.65 Å². The van der Waals surface area contributed by atoms with Gasteiger partial charge in [-0.25, -0.2) is 9.97 Å². The van der Waals surface area contributed by atoms with Crippen molar-refractivity contribution in [1.29, 1.82) is 0 Å². The Hall–Kier alpha value is -3.55. The maximum atomic E-state index is 12.6. The molecule has 0 fully saturated rings. The number of H-pyrrole nitrogens is 1. The van der Waals surface area contributed by atoms with Crippen LogP contribution in [0.15, 0.2) is 48.8 Å². The van der Waals surface area contributed by atoms with Crippen molar-refractivity contribution < 1.29 is 9.90 Å². The minimum atomic E-state index is -0.567. The highest BCUT2D eigenvalue weighted by Crippen LogP contribution is 2.31. The molecule has 7 nitrogen and oxygen atoms in total. The number of rotatable bonds is 5. The first-order chi connectivity index (χ1) is 16.4.